The highest BCUT2D eigenvalue weighted by Gasteiger charge is 2.35. The Morgan fingerprint density at radius 3 is 0.722 bits per heavy atom. The van der Waals surface area contributed by atoms with E-state index in [4.69, 9.17) is 28.4 Å². The van der Waals surface area contributed by atoms with Gasteiger partial charge in [-0.3, -0.25) is 14.7 Å². The van der Waals surface area contributed by atoms with Crippen molar-refractivity contribution >= 4 is 0 Å². The van der Waals surface area contributed by atoms with Crippen LogP contribution >= 0.6 is 0 Å². The van der Waals surface area contributed by atoms with Crippen LogP contribution in [0.1, 0.15) is 0 Å². The van der Waals surface area contributed by atoms with Crippen molar-refractivity contribution in [2.45, 2.75) is 16.8 Å². The third kappa shape index (κ3) is 12.4. The smallest absolute Gasteiger partial charge is 0.124 e. The predicted molar refractivity (Wildman–Crippen MR) is 135 cm³/mol. The van der Waals surface area contributed by atoms with Gasteiger partial charge in [-0.05, 0) is 0 Å². The molecule has 216 valence electrons. The van der Waals surface area contributed by atoms with Crippen LogP contribution in [0, 0.1) is 0 Å². The SMILES string of the molecule is COCC(O)(COC)CN1CCN(CC(O)(COC)COC)CCN(CC(O)(COC)COC)CC1. The van der Waals surface area contributed by atoms with Gasteiger partial charge >= 0.3 is 0 Å². The average Bonchev–Trinajstić information content (AvgIpc) is 2.86. The Hall–Kier alpha value is -0.480. The number of β-amino-alcohol motifs (C(OH)–C–C–N with tert-alkyl or cyclic N) is 3. The molecule has 0 saturated carbocycles. The topological polar surface area (TPSA) is 126 Å². The van der Waals surface area contributed by atoms with Crippen LogP contribution in [0.25, 0.3) is 0 Å². The molecule has 1 heterocycles. The first kappa shape index (κ1) is 33.5. The minimum Gasteiger partial charge on any atom is -0.384 e. The molecule has 0 aromatic rings. The maximum atomic E-state index is 11.1. The van der Waals surface area contributed by atoms with E-state index < -0.39 is 16.8 Å². The van der Waals surface area contributed by atoms with Gasteiger partial charge in [0, 0.05) is 102 Å². The largest absolute Gasteiger partial charge is 0.384 e. The number of ether oxygens (including phenoxy) is 6. The van der Waals surface area contributed by atoms with Gasteiger partial charge in [0.05, 0.1) is 39.6 Å². The Bertz CT molecular complexity index is 467. The van der Waals surface area contributed by atoms with E-state index in [0.717, 1.165) is 0 Å². The molecule has 1 fully saturated rings. The Balaban J connectivity index is 3.12. The van der Waals surface area contributed by atoms with Crippen molar-refractivity contribution < 1.29 is 43.7 Å². The van der Waals surface area contributed by atoms with Crippen molar-refractivity contribution in [3.63, 3.8) is 0 Å². The molecule has 0 aliphatic carbocycles. The van der Waals surface area contributed by atoms with Crippen LogP contribution in [0.3, 0.4) is 0 Å². The summed E-state index contributed by atoms with van der Waals surface area (Å²) in [7, 11) is 9.34. The third-order valence-electron chi connectivity index (χ3n) is 6.23. The number of aliphatic hydroxyl groups is 3. The number of methoxy groups -OCH3 is 6. The monoisotopic (exact) mass is 525 g/mol. The summed E-state index contributed by atoms with van der Waals surface area (Å²) in [4.78, 5) is 6.50. The molecule has 12 nitrogen and oxygen atoms in total. The molecule has 0 atom stereocenters. The minimum atomic E-state index is -1.16. The Labute approximate surface area is 216 Å². The molecule has 0 bridgehead atoms. The van der Waals surface area contributed by atoms with Crippen LogP contribution in [-0.4, -0.2) is 188 Å². The number of rotatable bonds is 18. The molecule has 1 saturated heterocycles. The zero-order chi connectivity index (χ0) is 27.1. The fourth-order valence-corrected chi connectivity index (χ4v) is 4.92. The minimum absolute atomic E-state index is 0.146. The van der Waals surface area contributed by atoms with Crippen LogP contribution < -0.4 is 0 Å². The normalized spacial score (nSPS) is 18.2. The lowest BCUT2D eigenvalue weighted by molar-refractivity contribution is -0.0990. The predicted octanol–water partition coefficient (Wildman–Crippen LogP) is -2.02. The maximum absolute atomic E-state index is 11.1. The first-order chi connectivity index (χ1) is 17.1. The van der Waals surface area contributed by atoms with Crippen molar-refractivity contribution in [3.05, 3.63) is 0 Å². The van der Waals surface area contributed by atoms with Gasteiger partial charge in [0.25, 0.3) is 0 Å². The Morgan fingerprint density at radius 2 is 0.583 bits per heavy atom. The van der Waals surface area contributed by atoms with Crippen molar-refractivity contribution in [1.29, 1.82) is 0 Å². The molecule has 12 heteroatoms. The summed E-state index contributed by atoms with van der Waals surface area (Å²) >= 11 is 0. The Kier molecular flexibility index (Phi) is 16.0. The van der Waals surface area contributed by atoms with Crippen LogP contribution in [0.4, 0.5) is 0 Å². The zero-order valence-electron chi connectivity index (χ0n) is 23.2. The first-order valence-electron chi connectivity index (χ1n) is 12.4. The van der Waals surface area contributed by atoms with E-state index in [9.17, 15) is 15.3 Å². The standard InChI is InChI=1S/C24H51N3O9/c1-31-16-22(28,17-32-2)13-25-7-9-26(14-23(29,18-33-3)19-34-4)11-12-27(10-8-25)15-24(30,20-35-5)21-36-6/h28-30H,7-21H2,1-6H3. The second kappa shape index (κ2) is 17.2. The molecule has 0 aromatic heterocycles. The van der Waals surface area contributed by atoms with Crippen molar-refractivity contribution in [2.24, 2.45) is 0 Å². The molecule has 36 heavy (non-hydrogen) atoms. The number of hydrogen-bond donors (Lipinski definition) is 3. The first-order valence-corrected chi connectivity index (χ1v) is 12.4. The molecule has 1 rings (SSSR count). The van der Waals surface area contributed by atoms with Crippen molar-refractivity contribution in [1.82, 2.24) is 14.7 Å². The molecule has 0 radical (unpaired) electrons. The molecule has 0 amide bonds. The summed E-state index contributed by atoms with van der Waals surface area (Å²) in [5, 5.41) is 33.3. The van der Waals surface area contributed by atoms with Gasteiger partial charge < -0.3 is 43.7 Å². The number of nitrogens with zero attached hydrogens (tertiary/aromatic N) is 3. The van der Waals surface area contributed by atoms with E-state index in [-0.39, 0.29) is 39.6 Å². The van der Waals surface area contributed by atoms with E-state index in [1.807, 2.05) is 0 Å². The molecular formula is C24H51N3O9. The van der Waals surface area contributed by atoms with Gasteiger partial charge in [-0.25, -0.2) is 0 Å². The van der Waals surface area contributed by atoms with E-state index in [1.165, 1.54) is 0 Å². The van der Waals surface area contributed by atoms with Gasteiger partial charge in [-0.1, -0.05) is 0 Å². The van der Waals surface area contributed by atoms with E-state index in [0.29, 0.717) is 58.9 Å². The lowest BCUT2D eigenvalue weighted by Crippen LogP contribution is -2.53. The quantitative estimate of drug-likeness (QED) is 0.183. The Morgan fingerprint density at radius 1 is 0.417 bits per heavy atom. The summed E-state index contributed by atoms with van der Waals surface area (Å²) in [6, 6.07) is 0. The maximum Gasteiger partial charge on any atom is 0.124 e. The fourth-order valence-electron chi connectivity index (χ4n) is 4.92. The van der Waals surface area contributed by atoms with Gasteiger partial charge in [0.2, 0.25) is 0 Å². The molecule has 1 aliphatic rings. The second-order valence-electron chi connectivity index (χ2n) is 10.1. The van der Waals surface area contributed by atoms with Crippen molar-refractivity contribution in [2.75, 3.05) is 141 Å². The zero-order valence-corrected chi connectivity index (χ0v) is 23.2. The van der Waals surface area contributed by atoms with Gasteiger partial charge in [0.15, 0.2) is 0 Å². The summed E-state index contributed by atoms with van der Waals surface area (Å²) in [6.07, 6.45) is 0. The molecule has 0 spiro atoms. The highest BCUT2D eigenvalue weighted by molar-refractivity contribution is 4.88. The van der Waals surface area contributed by atoms with Gasteiger partial charge in [-0.2, -0.15) is 0 Å². The summed E-state index contributed by atoms with van der Waals surface area (Å²) < 4.78 is 31.6. The fraction of sp³-hybridized carbons (Fsp3) is 1.00. The van der Waals surface area contributed by atoms with E-state index >= 15 is 0 Å². The van der Waals surface area contributed by atoms with E-state index in [2.05, 4.69) is 14.7 Å². The average molecular weight is 526 g/mol. The van der Waals surface area contributed by atoms with Gasteiger partial charge in [0.1, 0.15) is 16.8 Å². The third-order valence-corrected chi connectivity index (χ3v) is 6.23. The molecule has 3 N–H and O–H groups in total. The molecular weight excluding hydrogens is 474 g/mol. The van der Waals surface area contributed by atoms with Gasteiger partial charge in [-0.15, -0.1) is 0 Å². The summed E-state index contributed by atoms with van der Waals surface area (Å²) in [6.45, 7) is 5.95. The molecule has 0 aromatic carbocycles. The van der Waals surface area contributed by atoms with Crippen LogP contribution in [0.15, 0.2) is 0 Å². The number of hydrogen-bond acceptors (Lipinski definition) is 12. The summed E-state index contributed by atoms with van der Waals surface area (Å²) in [5.74, 6) is 0. The molecule has 1 aliphatic heterocycles. The van der Waals surface area contributed by atoms with Crippen molar-refractivity contribution in [3.8, 4) is 0 Å². The lowest BCUT2D eigenvalue weighted by atomic mass is 10.1. The lowest BCUT2D eigenvalue weighted by Gasteiger charge is -2.36. The second-order valence-corrected chi connectivity index (χ2v) is 10.1. The highest BCUT2D eigenvalue weighted by Crippen LogP contribution is 2.15. The van der Waals surface area contributed by atoms with Crippen LogP contribution in [0.2, 0.25) is 0 Å². The molecule has 0 unspecified atom stereocenters. The summed E-state index contributed by atoms with van der Waals surface area (Å²) in [5.41, 5.74) is -3.48. The van der Waals surface area contributed by atoms with Crippen LogP contribution in [-0.2, 0) is 28.4 Å². The van der Waals surface area contributed by atoms with Crippen LogP contribution in [0.5, 0.6) is 0 Å². The highest BCUT2D eigenvalue weighted by atomic mass is 16.5. The van der Waals surface area contributed by atoms with E-state index in [1.54, 1.807) is 42.7 Å².